The highest BCUT2D eigenvalue weighted by atomic mass is 16.5. The molecule has 1 aromatic heterocycles. The minimum atomic E-state index is -0.236. The lowest BCUT2D eigenvalue weighted by Gasteiger charge is -2.25. The van der Waals surface area contributed by atoms with Gasteiger partial charge in [0.25, 0.3) is 0 Å². The standard InChI is InChI=1S/C21H21N3O4/c1-26-14-6-4-5-13(9-14)24-12-22-20-17(11-19(25)23-21(20)24)16-10-15(27-2)7-8-18(16)28-3/h4-10,12,17H,11H2,1-3H3,(H,23,25)/t17-/m1/s1. The quantitative estimate of drug-likeness (QED) is 0.736. The Morgan fingerprint density at radius 2 is 1.82 bits per heavy atom. The van der Waals surface area contributed by atoms with Crippen molar-refractivity contribution in [2.75, 3.05) is 26.6 Å². The highest BCUT2D eigenvalue weighted by molar-refractivity contribution is 5.94. The molecule has 0 saturated carbocycles. The van der Waals surface area contributed by atoms with E-state index in [1.54, 1.807) is 27.7 Å². The Hall–Kier alpha value is -3.48. The second-order valence-corrected chi connectivity index (χ2v) is 6.46. The molecule has 0 aliphatic carbocycles. The van der Waals surface area contributed by atoms with E-state index >= 15 is 0 Å². The molecule has 28 heavy (non-hydrogen) atoms. The molecule has 1 aliphatic rings. The van der Waals surface area contributed by atoms with Crippen LogP contribution in [0, 0.1) is 0 Å². The van der Waals surface area contributed by atoms with E-state index in [-0.39, 0.29) is 18.2 Å². The first kappa shape index (κ1) is 17.9. The van der Waals surface area contributed by atoms with Gasteiger partial charge in [-0.05, 0) is 30.3 Å². The predicted octanol–water partition coefficient (Wildman–Crippen LogP) is 3.37. The molecule has 1 N–H and O–H groups in total. The number of anilines is 1. The highest BCUT2D eigenvalue weighted by Gasteiger charge is 2.33. The zero-order chi connectivity index (χ0) is 19.7. The Bertz CT molecular complexity index is 1030. The number of carbonyl (C=O) groups is 1. The summed E-state index contributed by atoms with van der Waals surface area (Å²) in [5.41, 5.74) is 2.51. The van der Waals surface area contributed by atoms with Crippen LogP contribution in [0.25, 0.3) is 5.69 Å². The van der Waals surface area contributed by atoms with Crippen LogP contribution in [0.2, 0.25) is 0 Å². The first-order valence-corrected chi connectivity index (χ1v) is 8.88. The Morgan fingerprint density at radius 1 is 1.04 bits per heavy atom. The number of carbonyl (C=O) groups excluding carboxylic acids is 1. The number of aromatic nitrogens is 2. The van der Waals surface area contributed by atoms with Crippen LogP contribution < -0.4 is 19.5 Å². The van der Waals surface area contributed by atoms with Gasteiger partial charge in [0.2, 0.25) is 5.91 Å². The van der Waals surface area contributed by atoms with Crippen molar-refractivity contribution in [2.45, 2.75) is 12.3 Å². The third-order valence-electron chi connectivity index (χ3n) is 4.92. The summed E-state index contributed by atoms with van der Waals surface area (Å²) >= 11 is 0. The van der Waals surface area contributed by atoms with E-state index in [9.17, 15) is 4.79 Å². The molecule has 0 spiro atoms. The largest absolute Gasteiger partial charge is 0.497 e. The van der Waals surface area contributed by atoms with Crippen LogP contribution in [0.1, 0.15) is 23.6 Å². The van der Waals surface area contributed by atoms with E-state index in [0.717, 1.165) is 22.7 Å². The van der Waals surface area contributed by atoms with Crippen LogP contribution in [-0.4, -0.2) is 36.8 Å². The highest BCUT2D eigenvalue weighted by Crippen LogP contribution is 2.42. The fourth-order valence-corrected chi connectivity index (χ4v) is 3.53. The molecule has 0 radical (unpaired) electrons. The average Bonchev–Trinajstić information content (AvgIpc) is 3.16. The summed E-state index contributed by atoms with van der Waals surface area (Å²) in [6, 6.07) is 13.2. The molecule has 4 rings (SSSR count). The minimum Gasteiger partial charge on any atom is -0.497 e. The van der Waals surface area contributed by atoms with Gasteiger partial charge in [-0.2, -0.15) is 0 Å². The molecule has 3 aromatic rings. The van der Waals surface area contributed by atoms with E-state index in [4.69, 9.17) is 14.2 Å². The molecule has 0 fully saturated rings. The smallest absolute Gasteiger partial charge is 0.226 e. The van der Waals surface area contributed by atoms with Crippen LogP contribution in [0.5, 0.6) is 17.2 Å². The molecule has 0 bridgehead atoms. The summed E-state index contributed by atoms with van der Waals surface area (Å²) in [5, 5.41) is 2.96. The van der Waals surface area contributed by atoms with Crippen molar-refractivity contribution in [3.8, 4) is 22.9 Å². The number of rotatable bonds is 5. The fraction of sp³-hybridized carbons (Fsp3) is 0.238. The molecular formula is C21H21N3O4. The van der Waals surface area contributed by atoms with E-state index < -0.39 is 0 Å². The molecular weight excluding hydrogens is 358 g/mol. The maximum atomic E-state index is 12.5. The van der Waals surface area contributed by atoms with Crippen molar-refractivity contribution >= 4 is 11.7 Å². The van der Waals surface area contributed by atoms with E-state index in [0.29, 0.717) is 17.3 Å². The van der Waals surface area contributed by atoms with Gasteiger partial charge >= 0.3 is 0 Å². The molecule has 1 amide bonds. The second kappa shape index (κ2) is 7.26. The molecule has 7 heteroatoms. The molecule has 144 valence electrons. The molecule has 2 aromatic carbocycles. The number of nitrogens with zero attached hydrogens (tertiary/aromatic N) is 2. The Kier molecular flexibility index (Phi) is 4.65. The van der Waals surface area contributed by atoms with Gasteiger partial charge in [-0.1, -0.05) is 6.07 Å². The van der Waals surface area contributed by atoms with Gasteiger partial charge < -0.3 is 19.5 Å². The van der Waals surface area contributed by atoms with Gasteiger partial charge in [-0.25, -0.2) is 4.98 Å². The number of imidazole rings is 1. The van der Waals surface area contributed by atoms with Gasteiger partial charge in [0.1, 0.15) is 29.4 Å². The molecule has 1 aliphatic heterocycles. The van der Waals surface area contributed by atoms with Crippen LogP contribution in [0.15, 0.2) is 48.8 Å². The first-order valence-electron chi connectivity index (χ1n) is 8.88. The van der Waals surface area contributed by atoms with Gasteiger partial charge in [-0.3, -0.25) is 9.36 Å². The lowest BCUT2D eigenvalue weighted by atomic mass is 9.89. The van der Waals surface area contributed by atoms with Crippen LogP contribution >= 0.6 is 0 Å². The second-order valence-electron chi connectivity index (χ2n) is 6.46. The Morgan fingerprint density at radius 3 is 2.57 bits per heavy atom. The zero-order valence-corrected chi connectivity index (χ0v) is 15.9. The molecule has 2 heterocycles. The van der Waals surface area contributed by atoms with Crippen LogP contribution in [0.4, 0.5) is 5.82 Å². The zero-order valence-electron chi connectivity index (χ0n) is 15.9. The topological polar surface area (TPSA) is 74.6 Å². The van der Waals surface area contributed by atoms with Gasteiger partial charge in [-0.15, -0.1) is 0 Å². The fourth-order valence-electron chi connectivity index (χ4n) is 3.53. The lowest BCUT2D eigenvalue weighted by Crippen LogP contribution is -2.25. The summed E-state index contributed by atoms with van der Waals surface area (Å²) in [6.45, 7) is 0. The number of benzene rings is 2. The van der Waals surface area contributed by atoms with Gasteiger partial charge in [0, 0.05) is 24.0 Å². The van der Waals surface area contributed by atoms with E-state index in [2.05, 4.69) is 10.3 Å². The number of hydrogen-bond donors (Lipinski definition) is 1. The maximum absolute atomic E-state index is 12.5. The number of ether oxygens (including phenoxy) is 3. The lowest BCUT2D eigenvalue weighted by molar-refractivity contribution is -0.116. The summed E-state index contributed by atoms with van der Waals surface area (Å²) < 4.78 is 18.1. The van der Waals surface area contributed by atoms with Crippen molar-refractivity contribution in [3.63, 3.8) is 0 Å². The van der Waals surface area contributed by atoms with Crippen molar-refractivity contribution in [1.29, 1.82) is 0 Å². The number of fused-ring (bicyclic) bond motifs is 1. The molecule has 7 nitrogen and oxygen atoms in total. The number of amides is 1. The molecule has 0 unspecified atom stereocenters. The minimum absolute atomic E-state index is 0.0768. The Labute approximate surface area is 162 Å². The SMILES string of the molecule is COc1cccc(-n2cnc3c2NC(=O)C[C@@H]3c2cc(OC)ccc2OC)c1. The first-order chi connectivity index (χ1) is 13.6. The summed E-state index contributed by atoms with van der Waals surface area (Å²) in [7, 11) is 4.85. The monoisotopic (exact) mass is 379 g/mol. The Balaban J connectivity index is 1.83. The molecule has 1 atom stereocenters. The van der Waals surface area contributed by atoms with Crippen molar-refractivity contribution in [1.82, 2.24) is 9.55 Å². The summed E-state index contributed by atoms with van der Waals surface area (Å²) in [5.74, 6) is 2.47. The van der Waals surface area contributed by atoms with Gasteiger partial charge in [0.05, 0.1) is 32.7 Å². The number of hydrogen-bond acceptors (Lipinski definition) is 5. The van der Waals surface area contributed by atoms with Gasteiger partial charge in [0.15, 0.2) is 0 Å². The van der Waals surface area contributed by atoms with Crippen LogP contribution in [0.3, 0.4) is 0 Å². The normalized spacial score (nSPS) is 15.5. The van der Waals surface area contributed by atoms with E-state index in [1.807, 2.05) is 47.0 Å². The third kappa shape index (κ3) is 3.05. The summed E-state index contributed by atoms with van der Waals surface area (Å²) in [4.78, 5) is 17.1. The molecule has 0 saturated heterocycles. The predicted molar refractivity (Wildman–Crippen MR) is 105 cm³/mol. The maximum Gasteiger partial charge on any atom is 0.226 e. The van der Waals surface area contributed by atoms with Crippen LogP contribution in [-0.2, 0) is 4.79 Å². The summed E-state index contributed by atoms with van der Waals surface area (Å²) in [6.07, 6.45) is 2.00. The van der Waals surface area contributed by atoms with E-state index in [1.165, 1.54) is 0 Å². The third-order valence-corrected chi connectivity index (χ3v) is 4.92. The number of nitrogens with one attached hydrogen (secondary N) is 1. The van der Waals surface area contributed by atoms with Crippen molar-refractivity contribution in [2.24, 2.45) is 0 Å². The average molecular weight is 379 g/mol. The number of methoxy groups -OCH3 is 3. The van der Waals surface area contributed by atoms with Crippen molar-refractivity contribution < 1.29 is 19.0 Å². The van der Waals surface area contributed by atoms with Crippen molar-refractivity contribution in [3.05, 3.63) is 60.0 Å².